The van der Waals surface area contributed by atoms with E-state index in [1.54, 1.807) is 0 Å². The Kier molecular flexibility index (Phi) is 4.77. The summed E-state index contributed by atoms with van der Waals surface area (Å²) in [6.07, 6.45) is 1.50. The Morgan fingerprint density at radius 2 is 2.26 bits per heavy atom. The van der Waals surface area contributed by atoms with Crippen molar-refractivity contribution in [2.75, 3.05) is 20.2 Å². The molecule has 1 aliphatic heterocycles. The van der Waals surface area contributed by atoms with Gasteiger partial charge in [0.1, 0.15) is 6.61 Å². The lowest BCUT2D eigenvalue weighted by Gasteiger charge is -2.21. The van der Waals surface area contributed by atoms with Gasteiger partial charge in [0.25, 0.3) is 0 Å². The van der Waals surface area contributed by atoms with Crippen LogP contribution in [0.1, 0.15) is 26.0 Å². The zero-order valence-electron chi connectivity index (χ0n) is 12.0. The lowest BCUT2D eigenvalue weighted by Crippen LogP contribution is -2.37. The molecule has 2 atom stereocenters. The maximum Gasteiger partial charge on any atom is 0.213 e. The van der Waals surface area contributed by atoms with E-state index in [1.807, 2.05) is 25.2 Å². The molecule has 0 aromatic carbocycles. The Bertz CT molecular complexity index is 399. The minimum Gasteiger partial charge on any atom is -0.476 e. The zero-order chi connectivity index (χ0) is 13.8. The monoisotopic (exact) mass is 264 g/mol. The molecule has 0 radical (unpaired) electrons. The molecule has 1 aromatic rings. The Labute approximate surface area is 115 Å². The molecular formula is C15H24N2O2. The van der Waals surface area contributed by atoms with Crippen molar-refractivity contribution < 1.29 is 9.84 Å². The lowest BCUT2D eigenvalue weighted by atomic mass is 10.1. The van der Waals surface area contributed by atoms with Gasteiger partial charge in [-0.3, -0.25) is 4.90 Å². The highest BCUT2D eigenvalue weighted by Gasteiger charge is 2.30. The van der Waals surface area contributed by atoms with Crippen molar-refractivity contribution in [3.05, 3.63) is 23.9 Å². The fourth-order valence-corrected chi connectivity index (χ4v) is 2.47. The molecule has 2 heterocycles. The molecule has 0 aliphatic carbocycles. The Hall–Kier alpha value is -1.13. The van der Waals surface area contributed by atoms with Gasteiger partial charge >= 0.3 is 0 Å². The quantitative estimate of drug-likeness (QED) is 0.879. The van der Waals surface area contributed by atoms with Gasteiger partial charge in [0.15, 0.2) is 0 Å². The van der Waals surface area contributed by atoms with Crippen LogP contribution in [0.3, 0.4) is 0 Å². The van der Waals surface area contributed by atoms with E-state index in [-0.39, 0.29) is 12.1 Å². The molecule has 0 bridgehead atoms. The first-order valence-corrected chi connectivity index (χ1v) is 7.03. The van der Waals surface area contributed by atoms with Gasteiger partial charge in [-0.05, 0) is 31.9 Å². The van der Waals surface area contributed by atoms with Crippen molar-refractivity contribution in [1.29, 1.82) is 0 Å². The molecule has 1 aliphatic rings. The number of likely N-dealkylation sites (N-methyl/N-ethyl adjacent to an activating group) is 1. The number of hydrogen-bond donors (Lipinski definition) is 1. The van der Waals surface area contributed by atoms with Crippen LogP contribution in [0.25, 0.3) is 0 Å². The summed E-state index contributed by atoms with van der Waals surface area (Å²) >= 11 is 0. The second-order valence-electron chi connectivity index (χ2n) is 5.78. The molecule has 4 heteroatoms. The second-order valence-corrected chi connectivity index (χ2v) is 5.78. The van der Waals surface area contributed by atoms with Gasteiger partial charge in [-0.15, -0.1) is 0 Å². The van der Waals surface area contributed by atoms with E-state index >= 15 is 0 Å². The van der Waals surface area contributed by atoms with Crippen molar-refractivity contribution in [2.24, 2.45) is 5.92 Å². The summed E-state index contributed by atoms with van der Waals surface area (Å²) in [5.41, 5.74) is 1.06. The van der Waals surface area contributed by atoms with Crippen LogP contribution < -0.4 is 4.74 Å². The fourth-order valence-electron chi connectivity index (χ4n) is 2.47. The van der Waals surface area contributed by atoms with Gasteiger partial charge in [-0.2, -0.15) is 0 Å². The van der Waals surface area contributed by atoms with Crippen molar-refractivity contribution >= 4 is 0 Å². The molecule has 0 saturated carbocycles. The average molecular weight is 264 g/mol. The summed E-state index contributed by atoms with van der Waals surface area (Å²) in [5, 5.41) is 9.87. The van der Waals surface area contributed by atoms with Gasteiger partial charge in [-0.25, -0.2) is 4.98 Å². The van der Waals surface area contributed by atoms with Crippen LogP contribution in [-0.4, -0.2) is 47.3 Å². The normalized spacial score (nSPS) is 24.1. The zero-order valence-corrected chi connectivity index (χ0v) is 12.0. The Morgan fingerprint density at radius 3 is 2.89 bits per heavy atom. The van der Waals surface area contributed by atoms with Crippen LogP contribution >= 0.6 is 0 Å². The average Bonchev–Trinajstić information content (AvgIpc) is 2.66. The highest BCUT2D eigenvalue weighted by molar-refractivity contribution is 5.16. The van der Waals surface area contributed by atoms with Crippen LogP contribution in [-0.2, 0) is 6.42 Å². The van der Waals surface area contributed by atoms with Crippen molar-refractivity contribution in [3.63, 3.8) is 0 Å². The minimum absolute atomic E-state index is 0.0792. The first kappa shape index (κ1) is 14.3. The fraction of sp³-hybridized carbons (Fsp3) is 0.667. The van der Waals surface area contributed by atoms with Gasteiger partial charge in [0, 0.05) is 18.3 Å². The summed E-state index contributed by atoms with van der Waals surface area (Å²) in [5.74, 6) is 1.25. The van der Waals surface area contributed by atoms with Crippen LogP contribution in [0.5, 0.6) is 5.88 Å². The second kappa shape index (κ2) is 6.35. The molecule has 1 aromatic heterocycles. The first-order chi connectivity index (χ1) is 9.06. The Morgan fingerprint density at radius 1 is 1.47 bits per heavy atom. The molecule has 2 unspecified atom stereocenters. The van der Waals surface area contributed by atoms with Crippen LogP contribution in [0.2, 0.25) is 0 Å². The minimum atomic E-state index is -0.288. The molecule has 106 valence electrons. The van der Waals surface area contributed by atoms with Crippen LogP contribution in [0.15, 0.2) is 18.2 Å². The number of rotatable bonds is 5. The van der Waals surface area contributed by atoms with Crippen LogP contribution in [0, 0.1) is 5.92 Å². The maximum atomic E-state index is 9.87. The van der Waals surface area contributed by atoms with Crippen LogP contribution in [0.4, 0.5) is 0 Å². The van der Waals surface area contributed by atoms with Crippen molar-refractivity contribution in [3.8, 4) is 5.88 Å². The molecule has 1 saturated heterocycles. The van der Waals surface area contributed by atoms with Gasteiger partial charge in [-0.1, -0.05) is 19.9 Å². The number of aliphatic hydroxyl groups is 1. The number of nitrogens with zero attached hydrogens (tertiary/aromatic N) is 2. The van der Waals surface area contributed by atoms with Gasteiger partial charge in [0.2, 0.25) is 5.88 Å². The van der Waals surface area contributed by atoms with E-state index in [9.17, 15) is 5.11 Å². The molecule has 1 N–H and O–H groups in total. The third-order valence-electron chi connectivity index (χ3n) is 3.59. The largest absolute Gasteiger partial charge is 0.476 e. The number of aliphatic hydroxyl groups excluding tert-OH is 1. The van der Waals surface area contributed by atoms with Gasteiger partial charge < -0.3 is 9.84 Å². The molecule has 0 spiro atoms. The van der Waals surface area contributed by atoms with Gasteiger partial charge in [0.05, 0.1) is 12.1 Å². The topological polar surface area (TPSA) is 45.6 Å². The number of pyridine rings is 1. The standard InChI is InChI=1S/C15H24N2O2/c1-11(2)9-12-5-4-6-15(16-12)19-10-13-14(18)7-8-17(13)3/h4-6,11,13-14,18H,7-10H2,1-3H3. The third kappa shape index (κ3) is 3.91. The smallest absolute Gasteiger partial charge is 0.213 e. The number of aromatic nitrogens is 1. The first-order valence-electron chi connectivity index (χ1n) is 7.03. The summed E-state index contributed by atoms with van der Waals surface area (Å²) < 4.78 is 5.74. The summed E-state index contributed by atoms with van der Waals surface area (Å²) in [6, 6.07) is 5.97. The van der Waals surface area contributed by atoms with E-state index < -0.39 is 0 Å². The van der Waals surface area contributed by atoms with E-state index in [0.717, 1.165) is 25.1 Å². The Balaban J connectivity index is 1.92. The predicted molar refractivity (Wildman–Crippen MR) is 75.3 cm³/mol. The molecule has 0 amide bonds. The lowest BCUT2D eigenvalue weighted by molar-refractivity contribution is 0.0885. The molecule has 1 fully saturated rings. The summed E-state index contributed by atoms with van der Waals surface area (Å²) in [4.78, 5) is 6.64. The molecule has 4 nitrogen and oxygen atoms in total. The molecule has 2 rings (SSSR count). The number of hydrogen-bond acceptors (Lipinski definition) is 4. The SMILES string of the molecule is CC(C)Cc1cccc(OCC2C(O)CCN2C)n1. The van der Waals surface area contributed by atoms with E-state index in [0.29, 0.717) is 18.4 Å². The summed E-state index contributed by atoms with van der Waals surface area (Å²) in [6.45, 7) is 5.78. The number of ether oxygens (including phenoxy) is 1. The third-order valence-corrected chi connectivity index (χ3v) is 3.59. The number of likely N-dealkylation sites (tertiary alicyclic amines) is 1. The highest BCUT2D eigenvalue weighted by Crippen LogP contribution is 2.18. The van der Waals surface area contributed by atoms with E-state index in [1.165, 1.54) is 0 Å². The van der Waals surface area contributed by atoms with E-state index in [2.05, 4.69) is 23.7 Å². The van der Waals surface area contributed by atoms with E-state index in [4.69, 9.17) is 4.74 Å². The highest BCUT2D eigenvalue weighted by atomic mass is 16.5. The molecule has 19 heavy (non-hydrogen) atoms. The van der Waals surface area contributed by atoms with Crippen molar-refractivity contribution in [1.82, 2.24) is 9.88 Å². The predicted octanol–water partition coefficient (Wildman–Crippen LogP) is 1.72. The summed E-state index contributed by atoms with van der Waals surface area (Å²) in [7, 11) is 2.02. The molecular weight excluding hydrogens is 240 g/mol. The maximum absolute atomic E-state index is 9.87. The van der Waals surface area contributed by atoms with Crippen molar-refractivity contribution in [2.45, 2.75) is 38.8 Å².